The van der Waals surface area contributed by atoms with Crippen LogP contribution in [0.25, 0.3) is 0 Å². The first kappa shape index (κ1) is 12.2. The Morgan fingerprint density at radius 3 is 2.94 bits per heavy atom. The highest BCUT2D eigenvalue weighted by atomic mass is 16.5. The molecule has 1 aromatic heterocycles. The summed E-state index contributed by atoms with van der Waals surface area (Å²) >= 11 is 0. The van der Waals surface area contributed by atoms with Crippen molar-refractivity contribution in [3.8, 4) is 0 Å². The monoisotopic (exact) mass is 224 g/mol. The van der Waals surface area contributed by atoms with Gasteiger partial charge < -0.3 is 15.8 Å². The summed E-state index contributed by atoms with van der Waals surface area (Å²) in [6, 6.07) is -0.465. The van der Waals surface area contributed by atoms with E-state index in [1.165, 1.54) is 6.33 Å². The first-order chi connectivity index (χ1) is 7.56. The molecule has 16 heavy (non-hydrogen) atoms. The quantitative estimate of drug-likeness (QED) is 0.733. The highest BCUT2D eigenvalue weighted by Crippen LogP contribution is 2.15. The van der Waals surface area contributed by atoms with Gasteiger partial charge in [0, 0.05) is 5.56 Å². The zero-order valence-electron chi connectivity index (χ0n) is 9.65. The van der Waals surface area contributed by atoms with E-state index in [0.717, 1.165) is 5.56 Å². The van der Waals surface area contributed by atoms with E-state index < -0.39 is 6.04 Å². The number of carbonyl (C=O) groups excluding carboxylic acids is 1. The molecule has 0 aromatic carbocycles. The van der Waals surface area contributed by atoms with Crippen LogP contribution in [0.15, 0.2) is 6.33 Å². The van der Waals surface area contributed by atoms with Crippen molar-refractivity contribution in [1.29, 1.82) is 0 Å². The molecule has 0 fully saturated rings. The van der Waals surface area contributed by atoms with Crippen molar-refractivity contribution < 1.29 is 9.53 Å². The highest BCUT2D eigenvalue weighted by molar-refractivity contribution is 5.78. The summed E-state index contributed by atoms with van der Waals surface area (Å²) in [5.41, 5.74) is 6.34. The minimum Gasteiger partial charge on any atom is -0.464 e. The van der Waals surface area contributed by atoms with E-state index >= 15 is 0 Å². The van der Waals surface area contributed by atoms with Gasteiger partial charge in [-0.25, -0.2) is 14.8 Å². The lowest BCUT2D eigenvalue weighted by Gasteiger charge is -2.14. The van der Waals surface area contributed by atoms with Gasteiger partial charge in [0.1, 0.15) is 24.0 Å². The zero-order valence-corrected chi connectivity index (χ0v) is 9.65. The van der Waals surface area contributed by atoms with Crippen LogP contribution in [0, 0.1) is 6.92 Å². The van der Waals surface area contributed by atoms with Gasteiger partial charge >= 0.3 is 5.97 Å². The van der Waals surface area contributed by atoms with E-state index in [1.54, 1.807) is 20.8 Å². The molecule has 0 aliphatic heterocycles. The second-order valence-electron chi connectivity index (χ2n) is 3.35. The van der Waals surface area contributed by atoms with Gasteiger partial charge in [0.15, 0.2) is 0 Å². The van der Waals surface area contributed by atoms with Crippen molar-refractivity contribution in [2.75, 3.05) is 17.7 Å². The number of aromatic nitrogens is 2. The number of nitrogen functional groups attached to an aromatic ring is 1. The topological polar surface area (TPSA) is 90.1 Å². The van der Waals surface area contributed by atoms with Crippen LogP contribution in [0.3, 0.4) is 0 Å². The predicted octanol–water partition coefficient (Wildman–Crippen LogP) is 0.731. The summed E-state index contributed by atoms with van der Waals surface area (Å²) in [6.45, 7) is 5.61. The lowest BCUT2D eigenvalue weighted by molar-refractivity contribution is -0.143. The van der Waals surface area contributed by atoms with E-state index in [9.17, 15) is 4.79 Å². The molecule has 1 aromatic rings. The number of esters is 1. The van der Waals surface area contributed by atoms with E-state index in [1.807, 2.05) is 0 Å². The third kappa shape index (κ3) is 2.82. The van der Waals surface area contributed by atoms with Crippen LogP contribution >= 0.6 is 0 Å². The first-order valence-electron chi connectivity index (χ1n) is 5.06. The average molecular weight is 224 g/mol. The standard InChI is InChI=1S/C10H16N4O2/c1-4-16-10(15)7(3)14-9-6(2)8(11)12-5-13-9/h5,7H,4H2,1-3H3,(H3,11,12,13,14). The van der Waals surface area contributed by atoms with Crippen molar-refractivity contribution in [2.24, 2.45) is 0 Å². The van der Waals surface area contributed by atoms with Gasteiger partial charge in [-0.3, -0.25) is 0 Å². The Bertz CT molecular complexity index is 381. The van der Waals surface area contributed by atoms with E-state index in [-0.39, 0.29) is 5.97 Å². The zero-order chi connectivity index (χ0) is 12.1. The van der Waals surface area contributed by atoms with Gasteiger partial charge in [-0.2, -0.15) is 0 Å². The molecule has 0 saturated heterocycles. The maximum absolute atomic E-state index is 11.4. The van der Waals surface area contributed by atoms with Gasteiger partial charge in [-0.05, 0) is 20.8 Å². The van der Waals surface area contributed by atoms with Crippen LogP contribution < -0.4 is 11.1 Å². The van der Waals surface area contributed by atoms with Crippen molar-refractivity contribution >= 4 is 17.6 Å². The fourth-order valence-electron chi connectivity index (χ4n) is 1.14. The number of ether oxygens (including phenoxy) is 1. The largest absolute Gasteiger partial charge is 0.464 e. The van der Waals surface area contributed by atoms with Gasteiger partial charge in [0.2, 0.25) is 0 Å². The van der Waals surface area contributed by atoms with Crippen LogP contribution in [0.1, 0.15) is 19.4 Å². The number of nitrogens with two attached hydrogens (primary N) is 1. The average Bonchev–Trinajstić information content (AvgIpc) is 2.25. The molecule has 0 saturated carbocycles. The summed E-state index contributed by atoms with van der Waals surface area (Å²) in [4.78, 5) is 19.2. The highest BCUT2D eigenvalue weighted by Gasteiger charge is 2.15. The Hall–Kier alpha value is -1.85. The fourth-order valence-corrected chi connectivity index (χ4v) is 1.14. The Balaban J connectivity index is 2.73. The van der Waals surface area contributed by atoms with Crippen molar-refractivity contribution in [3.05, 3.63) is 11.9 Å². The number of hydrogen-bond acceptors (Lipinski definition) is 6. The summed E-state index contributed by atoms with van der Waals surface area (Å²) in [7, 11) is 0. The van der Waals surface area contributed by atoms with Crippen LogP contribution in [0.2, 0.25) is 0 Å². The first-order valence-corrected chi connectivity index (χ1v) is 5.06. The third-order valence-corrected chi connectivity index (χ3v) is 2.12. The molecular formula is C10H16N4O2. The molecule has 6 heteroatoms. The smallest absolute Gasteiger partial charge is 0.328 e. The second-order valence-corrected chi connectivity index (χ2v) is 3.35. The summed E-state index contributed by atoms with van der Waals surface area (Å²) < 4.78 is 4.87. The number of nitrogens with zero attached hydrogens (tertiary/aromatic N) is 2. The van der Waals surface area contributed by atoms with Crippen molar-refractivity contribution in [2.45, 2.75) is 26.8 Å². The van der Waals surface area contributed by atoms with Crippen LogP contribution in [-0.4, -0.2) is 28.6 Å². The number of carbonyl (C=O) groups is 1. The predicted molar refractivity (Wildman–Crippen MR) is 60.9 cm³/mol. The van der Waals surface area contributed by atoms with Gasteiger partial charge in [0.25, 0.3) is 0 Å². The maximum Gasteiger partial charge on any atom is 0.328 e. The molecule has 1 heterocycles. The molecule has 0 amide bonds. The summed E-state index contributed by atoms with van der Waals surface area (Å²) in [5.74, 6) is 0.626. The van der Waals surface area contributed by atoms with Crippen LogP contribution in [-0.2, 0) is 9.53 Å². The molecule has 0 aliphatic carbocycles. The number of anilines is 2. The normalized spacial score (nSPS) is 11.9. The van der Waals surface area contributed by atoms with Crippen molar-refractivity contribution in [1.82, 2.24) is 9.97 Å². The molecule has 1 atom stereocenters. The Morgan fingerprint density at radius 2 is 2.31 bits per heavy atom. The lowest BCUT2D eigenvalue weighted by atomic mass is 10.2. The number of rotatable bonds is 4. The van der Waals surface area contributed by atoms with Gasteiger partial charge in [0.05, 0.1) is 6.61 Å². The van der Waals surface area contributed by atoms with E-state index in [0.29, 0.717) is 18.2 Å². The minimum atomic E-state index is -0.465. The molecule has 0 aliphatic rings. The third-order valence-electron chi connectivity index (χ3n) is 2.12. The maximum atomic E-state index is 11.4. The Kier molecular flexibility index (Phi) is 4.04. The molecule has 1 unspecified atom stereocenters. The molecule has 1 rings (SSSR count). The number of nitrogens with one attached hydrogen (secondary N) is 1. The van der Waals surface area contributed by atoms with Crippen LogP contribution in [0.4, 0.5) is 11.6 Å². The number of hydrogen-bond donors (Lipinski definition) is 2. The van der Waals surface area contributed by atoms with Gasteiger partial charge in [-0.1, -0.05) is 0 Å². The van der Waals surface area contributed by atoms with E-state index in [2.05, 4.69) is 15.3 Å². The second kappa shape index (κ2) is 5.29. The van der Waals surface area contributed by atoms with Gasteiger partial charge in [-0.15, -0.1) is 0 Å². The molecule has 0 radical (unpaired) electrons. The van der Waals surface area contributed by atoms with Crippen molar-refractivity contribution in [3.63, 3.8) is 0 Å². The molecule has 0 bridgehead atoms. The SMILES string of the molecule is CCOC(=O)C(C)Nc1ncnc(N)c1C. The van der Waals surface area contributed by atoms with Crippen LogP contribution in [0.5, 0.6) is 0 Å². The summed E-state index contributed by atoms with van der Waals surface area (Å²) in [6.07, 6.45) is 1.35. The summed E-state index contributed by atoms with van der Waals surface area (Å²) in [5, 5.41) is 2.93. The molecule has 3 N–H and O–H groups in total. The lowest BCUT2D eigenvalue weighted by Crippen LogP contribution is -2.29. The minimum absolute atomic E-state index is 0.320. The molecule has 88 valence electrons. The molecular weight excluding hydrogens is 208 g/mol. The fraction of sp³-hybridized carbons (Fsp3) is 0.500. The Morgan fingerprint density at radius 1 is 1.62 bits per heavy atom. The molecule has 6 nitrogen and oxygen atoms in total. The molecule has 0 spiro atoms. The van der Waals surface area contributed by atoms with E-state index in [4.69, 9.17) is 10.5 Å². The Labute approximate surface area is 94.2 Å².